The highest BCUT2D eigenvalue weighted by molar-refractivity contribution is 6.33. The smallest absolute Gasteiger partial charge is 0.220 e. The molecule has 0 aliphatic heterocycles. The van der Waals surface area contributed by atoms with Crippen LogP contribution in [-0.4, -0.2) is 17.0 Å². The first-order chi connectivity index (χ1) is 13.5. The van der Waals surface area contributed by atoms with Crippen LogP contribution in [0, 0.1) is 0 Å². The van der Waals surface area contributed by atoms with Crippen molar-refractivity contribution in [3.05, 3.63) is 71.2 Å². The Morgan fingerprint density at radius 1 is 1.18 bits per heavy atom. The first-order valence-corrected chi connectivity index (χ1v) is 9.61. The number of aromatic nitrogens is 1. The van der Waals surface area contributed by atoms with Gasteiger partial charge in [-0.2, -0.15) is 0 Å². The van der Waals surface area contributed by atoms with Gasteiger partial charge in [0.25, 0.3) is 0 Å². The Morgan fingerprint density at radius 3 is 2.64 bits per heavy atom. The van der Waals surface area contributed by atoms with Gasteiger partial charge < -0.3 is 14.5 Å². The number of oxazole rings is 1. The molecule has 0 saturated heterocycles. The normalized spacial score (nSPS) is 10.9. The number of ether oxygens (including phenoxy) is 1. The highest BCUT2D eigenvalue weighted by Gasteiger charge is 2.11. The van der Waals surface area contributed by atoms with Gasteiger partial charge in [0.1, 0.15) is 5.75 Å². The molecule has 0 fully saturated rings. The number of benzene rings is 2. The zero-order valence-electron chi connectivity index (χ0n) is 15.9. The Kier molecular flexibility index (Phi) is 6.71. The van der Waals surface area contributed by atoms with E-state index in [1.807, 2.05) is 56.3 Å². The third-order valence-corrected chi connectivity index (χ3v) is 4.37. The summed E-state index contributed by atoms with van der Waals surface area (Å²) in [6, 6.07) is 15.1. The van der Waals surface area contributed by atoms with Gasteiger partial charge in [0.15, 0.2) is 11.7 Å². The van der Waals surface area contributed by atoms with Crippen molar-refractivity contribution in [2.24, 2.45) is 0 Å². The molecule has 6 heteroatoms. The molecule has 3 aromatic rings. The van der Waals surface area contributed by atoms with E-state index in [9.17, 15) is 4.79 Å². The molecule has 0 atom stereocenters. The lowest BCUT2D eigenvalue weighted by Gasteiger charge is -2.10. The minimum absolute atomic E-state index is 0.0556. The van der Waals surface area contributed by atoms with Crippen molar-refractivity contribution in [2.75, 3.05) is 0 Å². The molecule has 0 aliphatic carbocycles. The summed E-state index contributed by atoms with van der Waals surface area (Å²) in [5.74, 6) is 1.88. The van der Waals surface area contributed by atoms with Crippen LogP contribution in [0.15, 0.2) is 59.1 Å². The molecule has 0 saturated carbocycles. The first kappa shape index (κ1) is 20.0. The lowest BCUT2D eigenvalue weighted by molar-refractivity contribution is -0.121. The van der Waals surface area contributed by atoms with Crippen LogP contribution in [0.3, 0.4) is 0 Å². The minimum atomic E-state index is -0.0556. The number of nitrogens with zero attached hydrogens (tertiary/aromatic N) is 1. The largest absolute Gasteiger partial charge is 0.491 e. The second-order valence-electron chi connectivity index (χ2n) is 6.69. The lowest BCUT2D eigenvalue weighted by atomic mass is 10.2. The van der Waals surface area contributed by atoms with Crippen molar-refractivity contribution in [1.82, 2.24) is 10.3 Å². The second kappa shape index (κ2) is 9.42. The SMILES string of the molecule is CC(C)Oc1ccc(CNC(=O)CCc2ncc(-c3ccccc3Cl)o2)cc1. The molecule has 3 rings (SSSR count). The molecule has 0 spiro atoms. The molecule has 1 heterocycles. The summed E-state index contributed by atoms with van der Waals surface area (Å²) in [5, 5.41) is 3.51. The molecule has 1 amide bonds. The molecule has 1 aromatic heterocycles. The number of hydrogen-bond acceptors (Lipinski definition) is 4. The van der Waals surface area contributed by atoms with Gasteiger partial charge in [0.05, 0.1) is 17.3 Å². The summed E-state index contributed by atoms with van der Waals surface area (Å²) in [6.45, 7) is 4.44. The van der Waals surface area contributed by atoms with Gasteiger partial charge in [-0.1, -0.05) is 35.9 Å². The van der Waals surface area contributed by atoms with E-state index in [0.29, 0.717) is 36.1 Å². The highest BCUT2D eigenvalue weighted by Crippen LogP contribution is 2.28. The Morgan fingerprint density at radius 2 is 1.93 bits per heavy atom. The van der Waals surface area contributed by atoms with E-state index < -0.39 is 0 Å². The van der Waals surface area contributed by atoms with Crippen LogP contribution in [0.2, 0.25) is 5.02 Å². The zero-order chi connectivity index (χ0) is 19.9. The third kappa shape index (κ3) is 5.60. The summed E-state index contributed by atoms with van der Waals surface area (Å²) in [5.41, 5.74) is 1.80. The lowest BCUT2D eigenvalue weighted by Crippen LogP contribution is -2.23. The molecule has 0 radical (unpaired) electrons. The quantitative estimate of drug-likeness (QED) is 0.577. The van der Waals surface area contributed by atoms with Crippen LogP contribution in [0.1, 0.15) is 31.7 Å². The van der Waals surface area contributed by atoms with Crippen LogP contribution in [0.25, 0.3) is 11.3 Å². The monoisotopic (exact) mass is 398 g/mol. The van der Waals surface area contributed by atoms with E-state index in [0.717, 1.165) is 16.9 Å². The number of carbonyl (C=O) groups is 1. The number of amides is 1. The van der Waals surface area contributed by atoms with E-state index in [-0.39, 0.29) is 12.0 Å². The minimum Gasteiger partial charge on any atom is -0.491 e. The van der Waals surface area contributed by atoms with Crippen molar-refractivity contribution in [1.29, 1.82) is 0 Å². The molecule has 2 aromatic carbocycles. The molecule has 5 nitrogen and oxygen atoms in total. The van der Waals surface area contributed by atoms with Gasteiger partial charge >= 0.3 is 0 Å². The Hall–Kier alpha value is -2.79. The molecule has 28 heavy (non-hydrogen) atoms. The summed E-state index contributed by atoms with van der Waals surface area (Å²) in [6.07, 6.45) is 2.50. The number of carbonyl (C=O) groups excluding carboxylic acids is 1. The van der Waals surface area contributed by atoms with E-state index in [4.69, 9.17) is 20.8 Å². The molecule has 0 bridgehead atoms. The fraction of sp³-hybridized carbons (Fsp3) is 0.273. The van der Waals surface area contributed by atoms with E-state index in [1.54, 1.807) is 12.3 Å². The Bertz CT molecular complexity index is 920. The van der Waals surface area contributed by atoms with Gasteiger partial charge in [-0.15, -0.1) is 0 Å². The first-order valence-electron chi connectivity index (χ1n) is 9.23. The average Bonchev–Trinajstić information content (AvgIpc) is 3.14. The maximum absolute atomic E-state index is 12.1. The number of rotatable bonds is 8. The van der Waals surface area contributed by atoms with Gasteiger partial charge in [-0.25, -0.2) is 4.98 Å². The van der Waals surface area contributed by atoms with Crippen molar-refractivity contribution < 1.29 is 13.9 Å². The average molecular weight is 399 g/mol. The number of halogens is 1. The van der Waals surface area contributed by atoms with Crippen molar-refractivity contribution in [2.45, 2.75) is 39.3 Å². The fourth-order valence-electron chi connectivity index (χ4n) is 2.68. The number of nitrogens with one attached hydrogen (secondary N) is 1. The second-order valence-corrected chi connectivity index (χ2v) is 7.09. The van der Waals surface area contributed by atoms with Gasteiger partial charge in [0.2, 0.25) is 5.91 Å². The zero-order valence-corrected chi connectivity index (χ0v) is 16.7. The van der Waals surface area contributed by atoms with Gasteiger partial charge in [-0.3, -0.25) is 4.79 Å². The van der Waals surface area contributed by atoms with E-state index >= 15 is 0 Å². The molecule has 1 N–H and O–H groups in total. The Labute approximate surface area is 169 Å². The van der Waals surface area contributed by atoms with Crippen LogP contribution < -0.4 is 10.1 Å². The summed E-state index contributed by atoms with van der Waals surface area (Å²) in [4.78, 5) is 16.3. The van der Waals surface area contributed by atoms with Crippen LogP contribution in [0.5, 0.6) is 5.75 Å². The maximum Gasteiger partial charge on any atom is 0.220 e. The fourth-order valence-corrected chi connectivity index (χ4v) is 2.91. The van der Waals surface area contributed by atoms with Crippen molar-refractivity contribution >= 4 is 17.5 Å². The number of aryl methyl sites for hydroxylation is 1. The summed E-state index contributed by atoms with van der Waals surface area (Å²) in [7, 11) is 0. The molecule has 146 valence electrons. The van der Waals surface area contributed by atoms with Gasteiger partial charge in [0, 0.05) is 24.9 Å². The highest BCUT2D eigenvalue weighted by atomic mass is 35.5. The third-order valence-electron chi connectivity index (χ3n) is 4.04. The standard InChI is InChI=1S/C22H23ClN2O3/c1-15(2)27-17-9-7-16(8-10-17)13-24-21(26)11-12-22-25-14-20(28-22)18-5-3-4-6-19(18)23/h3-10,14-15H,11-13H2,1-2H3,(H,24,26). The molecule has 0 aliphatic rings. The maximum atomic E-state index is 12.1. The topological polar surface area (TPSA) is 64.4 Å². The molecular formula is C22H23ClN2O3. The van der Waals surface area contributed by atoms with Crippen LogP contribution in [-0.2, 0) is 17.8 Å². The van der Waals surface area contributed by atoms with Crippen LogP contribution >= 0.6 is 11.6 Å². The molecular weight excluding hydrogens is 376 g/mol. The van der Waals surface area contributed by atoms with E-state index in [1.165, 1.54) is 0 Å². The summed E-state index contributed by atoms with van der Waals surface area (Å²) >= 11 is 6.17. The molecule has 0 unspecified atom stereocenters. The van der Waals surface area contributed by atoms with Crippen molar-refractivity contribution in [3.8, 4) is 17.1 Å². The Balaban J connectivity index is 1.46. The van der Waals surface area contributed by atoms with Gasteiger partial charge in [-0.05, 0) is 43.7 Å². The van der Waals surface area contributed by atoms with E-state index in [2.05, 4.69) is 10.3 Å². The van der Waals surface area contributed by atoms with Crippen molar-refractivity contribution in [3.63, 3.8) is 0 Å². The summed E-state index contributed by atoms with van der Waals surface area (Å²) < 4.78 is 11.3. The van der Waals surface area contributed by atoms with Crippen LogP contribution in [0.4, 0.5) is 0 Å². The predicted octanol–water partition coefficient (Wildman–Crippen LogP) is 5.03. The number of hydrogen-bond donors (Lipinski definition) is 1. The predicted molar refractivity (Wildman–Crippen MR) is 109 cm³/mol.